The van der Waals surface area contributed by atoms with E-state index in [-0.39, 0.29) is 24.0 Å². The van der Waals surface area contributed by atoms with Crippen LogP contribution in [0, 0.1) is 5.92 Å². The first-order valence-corrected chi connectivity index (χ1v) is 8.52. The zero-order valence-electron chi connectivity index (χ0n) is 14.4. The standard InChI is InChI=1S/C17H26N6.HI/c1-13-6-8-14(9-7-13)20-17(18-2)19-11-10-16-22-21-15-5-3-4-12-23(15)16;/h3-5,12-14H,6-11H2,1-2H3,(H2,18,19,20);1H. The second-order valence-corrected chi connectivity index (χ2v) is 6.40. The summed E-state index contributed by atoms with van der Waals surface area (Å²) >= 11 is 0. The van der Waals surface area contributed by atoms with E-state index in [1.165, 1.54) is 25.7 Å². The van der Waals surface area contributed by atoms with Crippen molar-refractivity contribution in [1.82, 2.24) is 25.2 Å². The molecule has 1 saturated carbocycles. The molecule has 1 aliphatic rings. The molecular formula is C17H27IN6. The van der Waals surface area contributed by atoms with Gasteiger partial charge in [0.25, 0.3) is 0 Å². The van der Waals surface area contributed by atoms with Crippen LogP contribution in [0.2, 0.25) is 0 Å². The highest BCUT2D eigenvalue weighted by Crippen LogP contribution is 2.23. The van der Waals surface area contributed by atoms with Crippen LogP contribution in [0.5, 0.6) is 0 Å². The van der Waals surface area contributed by atoms with Gasteiger partial charge in [-0.15, -0.1) is 34.2 Å². The van der Waals surface area contributed by atoms with E-state index in [0.29, 0.717) is 6.04 Å². The summed E-state index contributed by atoms with van der Waals surface area (Å²) in [5, 5.41) is 15.4. The molecule has 2 aromatic rings. The molecule has 7 heteroatoms. The van der Waals surface area contributed by atoms with Crippen LogP contribution < -0.4 is 10.6 Å². The molecular weight excluding hydrogens is 415 g/mol. The number of nitrogens with zero attached hydrogens (tertiary/aromatic N) is 4. The zero-order chi connectivity index (χ0) is 16.1. The number of nitrogens with one attached hydrogen (secondary N) is 2. The van der Waals surface area contributed by atoms with E-state index in [1.54, 1.807) is 0 Å². The molecule has 6 nitrogen and oxygen atoms in total. The van der Waals surface area contributed by atoms with Gasteiger partial charge in [-0.3, -0.25) is 9.39 Å². The normalized spacial score (nSPS) is 21.3. The summed E-state index contributed by atoms with van der Waals surface area (Å²) in [6, 6.07) is 6.49. The molecule has 0 aromatic carbocycles. The molecule has 1 aliphatic carbocycles. The first-order chi connectivity index (χ1) is 11.3. The summed E-state index contributed by atoms with van der Waals surface area (Å²) in [4.78, 5) is 4.33. The summed E-state index contributed by atoms with van der Waals surface area (Å²) in [5.74, 6) is 2.72. The Hall–Kier alpha value is -1.38. The minimum atomic E-state index is 0. The fraction of sp³-hybridized carbons (Fsp3) is 0.588. The van der Waals surface area contributed by atoms with Crippen LogP contribution in [-0.4, -0.2) is 40.2 Å². The molecule has 0 radical (unpaired) electrons. The van der Waals surface area contributed by atoms with Crippen LogP contribution in [0.25, 0.3) is 5.65 Å². The Labute approximate surface area is 160 Å². The maximum absolute atomic E-state index is 4.33. The van der Waals surface area contributed by atoms with E-state index in [4.69, 9.17) is 0 Å². The summed E-state index contributed by atoms with van der Waals surface area (Å²) in [6.45, 7) is 3.13. The Morgan fingerprint density at radius 2 is 2.04 bits per heavy atom. The van der Waals surface area contributed by atoms with Crippen molar-refractivity contribution in [2.45, 2.75) is 45.1 Å². The Kier molecular flexibility index (Phi) is 7.26. The van der Waals surface area contributed by atoms with Gasteiger partial charge in [0.15, 0.2) is 11.6 Å². The first kappa shape index (κ1) is 19.0. The third kappa shape index (κ3) is 4.81. The van der Waals surface area contributed by atoms with Crippen molar-refractivity contribution in [2.75, 3.05) is 13.6 Å². The highest BCUT2D eigenvalue weighted by molar-refractivity contribution is 14.0. The van der Waals surface area contributed by atoms with Gasteiger partial charge >= 0.3 is 0 Å². The van der Waals surface area contributed by atoms with Crippen molar-refractivity contribution in [3.8, 4) is 0 Å². The molecule has 0 amide bonds. The molecule has 132 valence electrons. The van der Waals surface area contributed by atoms with Crippen LogP contribution in [-0.2, 0) is 6.42 Å². The Bertz CT molecular complexity index is 660. The summed E-state index contributed by atoms with van der Waals surface area (Å²) in [6.07, 6.45) is 7.89. The molecule has 0 aliphatic heterocycles. The third-order valence-corrected chi connectivity index (χ3v) is 4.61. The van der Waals surface area contributed by atoms with Crippen molar-refractivity contribution in [3.05, 3.63) is 30.2 Å². The molecule has 24 heavy (non-hydrogen) atoms. The van der Waals surface area contributed by atoms with Crippen molar-refractivity contribution in [3.63, 3.8) is 0 Å². The van der Waals surface area contributed by atoms with Gasteiger partial charge < -0.3 is 10.6 Å². The van der Waals surface area contributed by atoms with Crippen molar-refractivity contribution >= 4 is 35.6 Å². The minimum Gasteiger partial charge on any atom is -0.356 e. The molecule has 0 atom stereocenters. The maximum Gasteiger partial charge on any atom is 0.191 e. The lowest BCUT2D eigenvalue weighted by Gasteiger charge is -2.28. The van der Waals surface area contributed by atoms with Gasteiger partial charge in [-0.25, -0.2) is 0 Å². The topological polar surface area (TPSA) is 66.6 Å². The van der Waals surface area contributed by atoms with Gasteiger partial charge in [0, 0.05) is 32.3 Å². The van der Waals surface area contributed by atoms with E-state index < -0.39 is 0 Å². The predicted octanol–water partition coefficient (Wildman–Crippen LogP) is 2.63. The first-order valence-electron chi connectivity index (χ1n) is 8.52. The van der Waals surface area contributed by atoms with E-state index >= 15 is 0 Å². The zero-order valence-corrected chi connectivity index (χ0v) is 16.7. The Morgan fingerprint density at radius 1 is 1.25 bits per heavy atom. The largest absolute Gasteiger partial charge is 0.356 e. The third-order valence-electron chi connectivity index (χ3n) is 4.61. The van der Waals surface area contributed by atoms with E-state index in [1.807, 2.05) is 35.8 Å². The summed E-state index contributed by atoms with van der Waals surface area (Å²) in [7, 11) is 1.83. The average molecular weight is 442 g/mol. The number of hydrogen-bond acceptors (Lipinski definition) is 3. The molecule has 0 bridgehead atoms. The number of guanidine groups is 1. The van der Waals surface area contributed by atoms with Crippen molar-refractivity contribution in [2.24, 2.45) is 10.9 Å². The van der Waals surface area contributed by atoms with Gasteiger partial charge in [-0.2, -0.15) is 0 Å². The number of hydrogen-bond donors (Lipinski definition) is 2. The number of aromatic nitrogens is 3. The van der Waals surface area contributed by atoms with Gasteiger partial charge in [0.1, 0.15) is 5.82 Å². The fourth-order valence-electron chi connectivity index (χ4n) is 3.15. The molecule has 3 rings (SSSR count). The van der Waals surface area contributed by atoms with Gasteiger partial charge in [0.2, 0.25) is 0 Å². The van der Waals surface area contributed by atoms with Crippen LogP contribution >= 0.6 is 24.0 Å². The van der Waals surface area contributed by atoms with Crippen LogP contribution in [0.1, 0.15) is 38.4 Å². The second kappa shape index (κ2) is 9.19. The predicted molar refractivity (Wildman–Crippen MR) is 108 cm³/mol. The van der Waals surface area contributed by atoms with Gasteiger partial charge in [-0.05, 0) is 43.7 Å². The van der Waals surface area contributed by atoms with E-state index in [2.05, 4.69) is 32.7 Å². The lowest BCUT2D eigenvalue weighted by molar-refractivity contribution is 0.329. The number of aliphatic imine (C=N–C) groups is 1. The fourth-order valence-corrected chi connectivity index (χ4v) is 3.15. The monoisotopic (exact) mass is 442 g/mol. The highest BCUT2D eigenvalue weighted by atomic mass is 127. The molecule has 1 fully saturated rings. The molecule has 2 N–H and O–H groups in total. The Balaban J connectivity index is 0.00000208. The lowest BCUT2D eigenvalue weighted by Crippen LogP contribution is -2.45. The molecule has 2 heterocycles. The minimum absolute atomic E-state index is 0. The summed E-state index contributed by atoms with van der Waals surface area (Å²) < 4.78 is 2.03. The van der Waals surface area contributed by atoms with Crippen LogP contribution in [0.4, 0.5) is 0 Å². The average Bonchev–Trinajstić information content (AvgIpc) is 2.99. The number of halogens is 1. The highest BCUT2D eigenvalue weighted by Gasteiger charge is 2.18. The number of fused-ring (bicyclic) bond motifs is 1. The van der Waals surface area contributed by atoms with Crippen molar-refractivity contribution in [1.29, 1.82) is 0 Å². The number of pyridine rings is 1. The SMILES string of the molecule is CN=C(NCCc1nnc2ccccn12)NC1CCC(C)CC1.I. The molecule has 2 aromatic heterocycles. The quantitative estimate of drug-likeness (QED) is 0.434. The smallest absolute Gasteiger partial charge is 0.191 e. The molecule has 0 spiro atoms. The van der Waals surface area contributed by atoms with Crippen molar-refractivity contribution < 1.29 is 0 Å². The molecule has 0 unspecified atom stereocenters. The maximum atomic E-state index is 4.33. The lowest BCUT2D eigenvalue weighted by atomic mass is 9.87. The number of rotatable bonds is 4. The molecule has 0 saturated heterocycles. The summed E-state index contributed by atoms with van der Waals surface area (Å²) in [5.41, 5.74) is 0.890. The van der Waals surface area contributed by atoms with Gasteiger partial charge in [0.05, 0.1) is 0 Å². The van der Waals surface area contributed by atoms with Crippen LogP contribution in [0.15, 0.2) is 29.4 Å². The Morgan fingerprint density at radius 3 is 2.79 bits per heavy atom. The van der Waals surface area contributed by atoms with E-state index in [9.17, 15) is 0 Å². The van der Waals surface area contributed by atoms with Gasteiger partial charge in [-0.1, -0.05) is 13.0 Å². The second-order valence-electron chi connectivity index (χ2n) is 6.40. The van der Waals surface area contributed by atoms with E-state index in [0.717, 1.165) is 36.3 Å². The van der Waals surface area contributed by atoms with Crippen LogP contribution in [0.3, 0.4) is 0 Å².